The number of nitrogens with two attached hydrogens (primary N) is 1. The Morgan fingerprint density at radius 1 is 1.47 bits per heavy atom. The van der Waals surface area contributed by atoms with E-state index in [1.54, 1.807) is 12.1 Å². The molecule has 19 heavy (non-hydrogen) atoms. The molecular weight excluding hydrogens is 300 g/mol. The molecule has 1 aromatic rings. The van der Waals surface area contributed by atoms with Gasteiger partial charge in [-0.15, -0.1) is 11.3 Å². The summed E-state index contributed by atoms with van der Waals surface area (Å²) in [6.07, 6.45) is 4.60. The van der Waals surface area contributed by atoms with E-state index in [4.69, 9.17) is 18.0 Å². The van der Waals surface area contributed by atoms with Crippen molar-refractivity contribution in [2.24, 2.45) is 11.7 Å². The van der Waals surface area contributed by atoms with Crippen LogP contribution < -0.4 is 10.5 Å². The van der Waals surface area contributed by atoms with E-state index in [9.17, 15) is 8.42 Å². The van der Waals surface area contributed by atoms with Crippen LogP contribution in [0.15, 0.2) is 16.3 Å². The largest absolute Gasteiger partial charge is 0.389 e. The van der Waals surface area contributed by atoms with Crippen molar-refractivity contribution < 1.29 is 8.42 Å². The number of thiophene rings is 1. The molecule has 0 bridgehead atoms. The van der Waals surface area contributed by atoms with Gasteiger partial charge in [0.1, 0.15) is 9.20 Å². The minimum absolute atomic E-state index is 0.0251. The Hall–Kier alpha value is -0.500. The van der Waals surface area contributed by atoms with Crippen molar-refractivity contribution in [3.8, 4) is 0 Å². The van der Waals surface area contributed by atoms with Crippen molar-refractivity contribution >= 4 is 38.6 Å². The summed E-state index contributed by atoms with van der Waals surface area (Å²) in [5.41, 5.74) is 5.50. The third-order valence-electron chi connectivity index (χ3n) is 3.54. The standard InChI is InChI=1S/C12H18N2O2S3/c1-8(9-4-2-3-5-9)14-19(15,16)11-7-6-10(18-11)12(13)17/h6-9,14H,2-5H2,1H3,(H2,13,17). The topological polar surface area (TPSA) is 72.2 Å². The SMILES string of the molecule is CC(NS(=O)(=O)c1ccc(C(N)=S)s1)C1CCCC1. The lowest BCUT2D eigenvalue weighted by Crippen LogP contribution is -2.36. The van der Waals surface area contributed by atoms with E-state index >= 15 is 0 Å². The summed E-state index contributed by atoms with van der Waals surface area (Å²) in [7, 11) is -3.46. The molecule has 1 aliphatic rings. The van der Waals surface area contributed by atoms with Gasteiger partial charge in [0.25, 0.3) is 0 Å². The Balaban J connectivity index is 2.10. The van der Waals surface area contributed by atoms with Gasteiger partial charge in [-0.1, -0.05) is 25.1 Å². The maximum Gasteiger partial charge on any atom is 0.250 e. The van der Waals surface area contributed by atoms with Gasteiger partial charge in [-0.05, 0) is 37.8 Å². The van der Waals surface area contributed by atoms with Crippen LogP contribution in [0.2, 0.25) is 0 Å². The molecule has 0 saturated heterocycles. The van der Waals surface area contributed by atoms with Crippen LogP contribution in [0.25, 0.3) is 0 Å². The van der Waals surface area contributed by atoms with Gasteiger partial charge in [0.2, 0.25) is 10.0 Å². The maximum atomic E-state index is 12.3. The van der Waals surface area contributed by atoms with Crippen LogP contribution in [0.1, 0.15) is 37.5 Å². The molecule has 1 aliphatic carbocycles. The molecule has 3 N–H and O–H groups in total. The second-order valence-electron chi connectivity index (χ2n) is 4.94. The van der Waals surface area contributed by atoms with Crippen LogP contribution in [0.5, 0.6) is 0 Å². The average Bonchev–Trinajstić information content (AvgIpc) is 3.00. The van der Waals surface area contributed by atoms with Crippen molar-refractivity contribution in [3.63, 3.8) is 0 Å². The summed E-state index contributed by atoms with van der Waals surface area (Å²) >= 11 is 5.96. The number of hydrogen-bond acceptors (Lipinski definition) is 4. The summed E-state index contributed by atoms with van der Waals surface area (Å²) in [6, 6.07) is 3.19. The fraction of sp³-hybridized carbons (Fsp3) is 0.583. The molecule has 0 spiro atoms. The number of thiocarbonyl (C=S) groups is 1. The Morgan fingerprint density at radius 2 is 2.11 bits per heavy atom. The van der Waals surface area contributed by atoms with Crippen LogP contribution in [-0.2, 0) is 10.0 Å². The molecule has 106 valence electrons. The van der Waals surface area contributed by atoms with Crippen LogP contribution in [0.3, 0.4) is 0 Å². The summed E-state index contributed by atoms with van der Waals surface area (Å²) in [5.74, 6) is 0.449. The Kier molecular flexibility index (Phi) is 4.60. The molecule has 7 heteroatoms. The van der Waals surface area contributed by atoms with Gasteiger partial charge < -0.3 is 5.73 Å². The van der Waals surface area contributed by atoms with Gasteiger partial charge in [-0.3, -0.25) is 0 Å². The van der Waals surface area contributed by atoms with E-state index in [1.807, 2.05) is 6.92 Å². The highest BCUT2D eigenvalue weighted by atomic mass is 32.2. The van der Waals surface area contributed by atoms with Gasteiger partial charge in [0, 0.05) is 6.04 Å². The highest BCUT2D eigenvalue weighted by molar-refractivity contribution is 7.91. The molecule has 0 aliphatic heterocycles. The summed E-state index contributed by atoms with van der Waals surface area (Å²) < 4.78 is 27.5. The second kappa shape index (κ2) is 5.87. The second-order valence-corrected chi connectivity index (χ2v) is 8.40. The molecule has 0 radical (unpaired) electrons. The first-order valence-corrected chi connectivity index (χ1v) is 9.03. The molecule has 1 saturated carbocycles. The van der Waals surface area contributed by atoms with Crippen LogP contribution in [0.4, 0.5) is 0 Å². The monoisotopic (exact) mass is 318 g/mol. The minimum atomic E-state index is -3.46. The lowest BCUT2D eigenvalue weighted by Gasteiger charge is -2.19. The minimum Gasteiger partial charge on any atom is -0.389 e. The highest BCUT2D eigenvalue weighted by Crippen LogP contribution is 2.29. The van der Waals surface area contributed by atoms with Gasteiger partial charge in [0.15, 0.2) is 0 Å². The molecule has 1 aromatic heterocycles. The fourth-order valence-corrected chi connectivity index (χ4v) is 5.13. The van der Waals surface area contributed by atoms with E-state index < -0.39 is 10.0 Å². The molecule has 2 rings (SSSR count). The van der Waals surface area contributed by atoms with Crippen molar-refractivity contribution in [3.05, 3.63) is 17.0 Å². The predicted molar refractivity (Wildman–Crippen MR) is 81.9 cm³/mol. The van der Waals surface area contributed by atoms with Crippen molar-refractivity contribution in [1.29, 1.82) is 0 Å². The number of rotatable bonds is 5. The van der Waals surface area contributed by atoms with E-state index in [-0.39, 0.29) is 15.2 Å². The zero-order valence-electron chi connectivity index (χ0n) is 10.8. The van der Waals surface area contributed by atoms with E-state index in [0.717, 1.165) is 24.2 Å². The van der Waals surface area contributed by atoms with Crippen molar-refractivity contribution in [2.75, 3.05) is 0 Å². The van der Waals surface area contributed by atoms with E-state index in [1.165, 1.54) is 12.8 Å². The van der Waals surface area contributed by atoms with Crippen LogP contribution >= 0.6 is 23.6 Å². The summed E-state index contributed by atoms with van der Waals surface area (Å²) in [5, 5.41) is 0. The summed E-state index contributed by atoms with van der Waals surface area (Å²) in [6.45, 7) is 1.94. The predicted octanol–water partition coefficient (Wildman–Crippen LogP) is 2.24. The smallest absolute Gasteiger partial charge is 0.250 e. The molecule has 0 amide bonds. The maximum absolute atomic E-state index is 12.3. The quantitative estimate of drug-likeness (QED) is 0.817. The molecule has 1 unspecified atom stereocenters. The van der Waals surface area contributed by atoms with Crippen molar-refractivity contribution in [1.82, 2.24) is 4.72 Å². The van der Waals surface area contributed by atoms with Crippen molar-refractivity contribution in [2.45, 2.75) is 42.9 Å². The molecular formula is C12H18N2O2S3. The Morgan fingerprint density at radius 3 is 2.63 bits per heavy atom. The first-order valence-electron chi connectivity index (χ1n) is 6.32. The van der Waals surface area contributed by atoms with Gasteiger partial charge in [0.05, 0.1) is 4.88 Å². The first-order chi connectivity index (χ1) is 8.90. The fourth-order valence-electron chi connectivity index (χ4n) is 2.45. The normalized spacial score (nSPS) is 18.6. The number of hydrogen-bond donors (Lipinski definition) is 2. The first kappa shape index (κ1) is 14.9. The van der Waals surface area contributed by atoms with E-state index in [2.05, 4.69) is 4.72 Å². The Bertz CT molecular complexity index is 559. The van der Waals surface area contributed by atoms with Crippen LogP contribution in [-0.4, -0.2) is 19.4 Å². The molecule has 4 nitrogen and oxygen atoms in total. The number of sulfonamides is 1. The number of nitrogens with one attached hydrogen (secondary N) is 1. The van der Waals surface area contributed by atoms with Gasteiger partial charge >= 0.3 is 0 Å². The zero-order valence-corrected chi connectivity index (χ0v) is 13.2. The lowest BCUT2D eigenvalue weighted by atomic mass is 10.0. The summed E-state index contributed by atoms with van der Waals surface area (Å²) in [4.78, 5) is 0.860. The average molecular weight is 318 g/mol. The molecule has 1 fully saturated rings. The third-order valence-corrected chi connectivity index (χ3v) is 7.06. The Labute approximate surface area is 123 Å². The van der Waals surface area contributed by atoms with E-state index in [0.29, 0.717) is 10.8 Å². The van der Waals surface area contributed by atoms with Crippen LogP contribution in [0, 0.1) is 5.92 Å². The molecule has 1 atom stereocenters. The van der Waals surface area contributed by atoms with Gasteiger partial charge in [-0.2, -0.15) is 0 Å². The molecule has 1 heterocycles. The van der Waals surface area contributed by atoms with Gasteiger partial charge in [-0.25, -0.2) is 13.1 Å². The highest BCUT2D eigenvalue weighted by Gasteiger charge is 2.27. The molecule has 0 aromatic carbocycles. The zero-order chi connectivity index (χ0) is 14.0. The third kappa shape index (κ3) is 3.53. The lowest BCUT2D eigenvalue weighted by molar-refractivity contribution is 0.424.